The van der Waals surface area contributed by atoms with Gasteiger partial charge in [0.05, 0.1) is 12.7 Å². The summed E-state index contributed by atoms with van der Waals surface area (Å²) in [5, 5.41) is 9.07. The molecule has 1 saturated carbocycles. The van der Waals surface area contributed by atoms with Crippen molar-refractivity contribution in [1.29, 1.82) is 0 Å². The first-order chi connectivity index (χ1) is 9.98. The van der Waals surface area contributed by atoms with E-state index < -0.39 is 24.7 Å². The van der Waals surface area contributed by atoms with Gasteiger partial charge in [0, 0.05) is 37.2 Å². The van der Waals surface area contributed by atoms with E-state index in [1.54, 1.807) is 6.20 Å². The van der Waals surface area contributed by atoms with Gasteiger partial charge in [0.25, 0.3) is 0 Å². The highest BCUT2D eigenvalue weighted by Crippen LogP contribution is 2.32. The Kier molecular flexibility index (Phi) is 5.08. The summed E-state index contributed by atoms with van der Waals surface area (Å²) in [7, 11) is 0. The number of hydrogen-bond acceptors (Lipinski definition) is 2. The van der Waals surface area contributed by atoms with Crippen molar-refractivity contribution in [2.24, 2.45) is 0 Å². The fraction of sp³-hybridized carbons (Fsp3) is 0.692. The van der Waals surface area contributed by atoms with Crippen LogP contribution < -0.4 is 10.6 Å². The number of aryl methyl sites for hydroxylation is 1. The molecule has 21 heavy (non-hydrogen) atoms. The van der Waals surface area contributed by atoms with Gasteiger partial charge in [-0.3, -0.25) is 4.68 Å². The summed E-state index contributed by atoms with van der Waals surface area (Å²) < 4.78 is 40.0. The van der Waals surface area contributed by atoms with Crippen molar-refractivity contribution in [3.05, 3.63) is 18.0 Å². The molecule has 1 aromatic rings. The number of nitrogens with one attached hydrogen (secondary N) is 2. The predicted molar refractivity (Wildman–Crippen MR) is 70.8 cm³/mol. The van der Waals surface area contributed by atoms with Crippen LogP contribution in [0.25, 0.3) is 0 Å². The third-order valence-corrected chi connectivity index (χ3v) is 3.43. The molecule has 2 rings (SSSR count). The Morgan fingerprint density at radius 1 is 1.52 bits per heavy atom. The SMILES string of the molecule is O=C(NCc1cnn(CCF)c1)NC1CCCC(F)(F)C1. The molecule has 2 amide bonds. The first kappa shape index (κ1) is 15.7. The summed E-state index contributed by atoms with van der Waals surface area (Å²) in [6.45, 7) is -0.116. The van der Waals surface area contributed by atoms with E-state index in [0.29, 0.717) is 12.8 Å². The van der Waals surface area contributed by atoms with Gasteiger partial charge >= 0.3 is 6.03 Å². The number of rotatable bonds is 5. The van der Waals surface area contributed by atoms with Gasteiger partial charge < -0.3 is 10.6 Å². The second-order valence-electron chi connectivity index (χ2n) is 5.28. The quantitative estimate of drug-likeness (QED) is 0.876. The van der Waals surface area contributed by atoms with Crippen LogP contribution in [-0.4, -0.2) is 34.5 Å². The molecule has 0 aromatic carbocycles. The molecular formula is C13H19F3N4O. The number of carbonyl (C=O) groups excluding carboxylic acids is 1. The van der Waals surface area contributed by atoms with E-state index in [4.69, 9.17) is 0 Å². The number of hydrogen-bond donors (Lipinski definition) is 2. The van der Waals surface area contributed by atoms with Gasteiger partial charge in [-0.05, 0) is 12.8 Å². The van der Waals surface area contributed by atoms with Crippen molar-refractivity contribution >= 4 is 6.03 Å². The highest BCUT2D eigenvalue weighted by Gasteiger charge is 2.36. The number of carbonyl (C=O) groups is 1. The average Bonchev–Trinajstić information content (AvgIpc) is 2.83. The van der Waals surface area contributed by atoms with Crippen molar-refractivity contribution in [2.45, 2.75) is 50.7 Å². The maximum atomic E-state index is 13.2. The fourth-order valence-corrected chi connectivity index (χ4v) is 2.42. The Morgan fingerprint density at radius 2 is 2.33 bits per heavy atom. The molecule has 1 aromatic heterocycles. The Labute approximate surface area is 120 Å². The summed E-state index contributed by atoms with van der Waals surface area (Å²) in [6, 6.07) is -0.973. The van der Waals surface area contributed by atoms with Crippen LogP contribution in [0.15, 0.2) is 12.4 Å². The summed E-state index contributed by atoms with van der Waals surface area (Å²) in [5.41, 5.74) is 0.729. The first-order valence-electron chi connectivity index (χ1n) is 6.98. The molecule has 1 fully saturated rings. The number of urea groups is 1. The van der Waals surface area contributed by atoms with Crippen molar-refractivity contribution < 1.29 is 18.0 Å². The maximum Gasteiger partial charge on any atom is 0.315 e. The monoisotopic (exact) mass is 304 g/mol. The van der Waals surface area contributed by atoms with E-state index in [9.17, 15) is 18.0 Å². The molecule has 1 heterocycles. The summed E-state index contributed by atoms with van der Waals surface area (Å²) in [6.07, 6.45) is 3.72. The fourth-order valence-electron chi connectivity index (χ4n) is 2.42. The van der Waals surface area contributed by atoms with Crippen LogP contribution in [-0.2, 0) is 13.1 Å². The third kappa shape index (κ3) is 4.95. The second-order valence-corrected chi connectivity index (χ2v) is 5.28. The minimum atomic E-state index is -2.69. The third-order valence-electron chi connectivity index (χ3n) is 3.43. The zero-order valence-electron chi connectivity index (χ0n) is 11.6. The molecule has 0 bridgehead atoms. The van der Waals surface area contributed by atoms with Crippen LogP contribution in [0.1, 0.15) is 31.2 Å². The van der Waals surface area contributed by atoms with Crippen LogP contribution in [0.4, 0.5) is 18.0 Å². The zero-order valence-corrected chi connectivity index (χ0v) is 11.6. The molecule has 1 unspecified atom stereocenters. The molecule has 1 aliphatic rings. The van der Waals surface area contributed by atoms with Crippen molar-refractivity contribution in [2.75, 3.05) is 6.67 Å². The molecule has 0 saturated heterocycles. The molecule has 0 radical (unpaired) electrons. The number of aromatic nitrogens is 2. The molecule has 118 valence electrons. The number of halogens is 3. The zero-order chi connectivity index (χ0) is 15.3. The van der Waals surface area contributed by atoms with E-state index in [2.05, 4.69) is 15.7 Å². The van der Waals surface area contributed by atoms with Crippen molar-refractivity contribution in [3.8, 4) is 0 Å². The van der Waals surface area contributed by atoms with Crippen LogP contribution in [0.2, 0.25) is 0 Å². The predicted octanol–water partition coefficient (Wildman–Crippen LogP) is 2.23. The summed E-state index contributed by atoms with van der Waals surface area (Å²) in [4.78, 5) is 11.7. The van der Waals surface area contributed by atoms with E-state index >= 15 is 0 Å². The highest BCUT2D eigenvalue weighted by atomic mass is 19.3. The molecule has 1 atom stereocenters. The lowest BCUT2D eigenvalue weighted by atomic mass is 9.92. The smallest absolute Gasteiger partial charge is 0.315 e. The number of amides is 2. The first-order valence-corrected chi connectivity index (χ1v) is 6.98. The van der Waals surface area contributed by atoms with E-state index in [1.165, 1.54) is 10.9 Å². The largest absolute Gasteiger partial charge is 0.335 e. The van der Waals surface area contributed by atoms with E-state index in [0.717, 1.165) is 5.56 Å². The van der Waals surface area contributed by atoms with Crippen molar-refractivity contribution in [3.63, 3.8) is 0 Å². The number of alkyl halides is 3. The van der Waals surface area contributed by atoms with E-state index in [1.807, 2.05) is 0 Å². The Balaban J connectivity index is 1.74. The Bertz CT molecular complexity index is 478. The minimum absolute atomic E-state index is 0.111. The molecule has 2 N–H and O–H groups in total. The Hall–Kier alpha value is -1.73. The van der Waals surface area contributed by atoms with Gasteiger partial charge in [-0.1, -0.05) is 0 Å². The maximum absolute atomic E-state index is 13.2. The van der Waals surface area contributed by atoms with Gasteiger partial charge in [0.1, 0.15) is 6.67 Å². The standard InChI is InChI=1S/C13H19F3N4O/c14-4-5-20-9-10(8-18-20)7-17-12(21)19-11-2-1-3-13(15,16)6-11/h8-9,11H,1-7H2,(H2,17,19,21). The van der Waals surface area contributed by atoms with Gasteiger partial charge in [-0.15, -0.1) is 0 Å². The van der Waals surface area contributed by atoms with Gasteiger partial charge in [0.2, 0.25) is 5.92 Å². The molecule has 8 heteroatoms. The van der Waals surface area contributed by atoms with Gasteiger partial charge in [0.15, 0.2) is 0 Å². The molecular weight excluding hydrogens is 285 g/mol. The molecule has 0 aliphatic heterocycles. The lowest BCUT2D eigenvalue weighted by Gasteiger charge is -2.29. The molecule has 0 spiro atoms. The van der Waals surface area contributed by atoms with Crippen LogP contribution in [0, 0.1) is 0 Å². The average molecular weight is 304 g/mol. The number of nitrogens with zero attached hydrogens (tertiary/aromatic N) is 2. The van der Waals surface area contributed by atoms with Crippen molar-refractivity contribution in [1.82, 2.24) is 20.4 Å². The van der Waals surface area contributed by atoms with Crippen LogP contribution in [0.3, 0.4) is 0 Å². The Morgan fingerprint density at radius 3 is 3.05 bits per heavy atom. The highest BCUT2D eigenvalue weighted by molar-refractivity contribution is 5.74. The lowest BCUT2D eigenvalue weighted by Crippen LogP contribution is -2.46. The summed E-state index contributed by atoms with van der Waals surface area (Å²) >= 11 is 0. The van der Waals surface area contributed by atoms with Crippen LogP contribution in [0.5, 0.6) is 0 Å². The minimum Gasteiger partial charge on any atom is -0.335 e. The summed E-state index contributed by atoms with van der Waals surface area (Å²) in [5.74, 6) is -2.69. The second kappa shape index (κ2) is 6.82. The lowest BCUT2D eigenvalue weighted by molar-refractivity contribution is -0.0425. The van der Waals surface area contributed by atoms with Gasteiger partial charge in [-0.25, -0.2) is 18.0 Å². The molecule has 1 aliphatic carbocycles. The van der Waals surface area contributed by atoms with Gasteiger partial charge in [-0.2, -0.15) is 5.10 Å². The normalized spacial score (nSPS) is 21.0. The molecule has 5 nitrogen and oxygen atoms in total. The van der Waals surface area contributed by atoms with Crippen LogP contribution >= 0.6 is 0 Å². The topological polar surface area (TPSA) is 59.0 Å². The van der Waals surface area contributed by atoms with E-state index in [-0.39, 0.29) is 25.9 Å².